The van der Waals surface area contributed by atoms with E-state index in [2.05, 4.69) is 9.97 Å². The van der Waals surface area contributed by atoms with Gasteiger partial charge in [0.1, 0.15) is 11.5 Å². The van der Waals surface area contributed by atoms with Crippen LogP contribution >= 0.6 is 0 Å². The van der Waals surface area contributed by atoms with Crippen LogP contribution in [0.25, 0.3) is 22.6 Å². The van der Waals surface area contributed by atoms with Gasteiger partial charge in [-0.15, -0.1) is 0 Å². The third-order valence-corrected chi connectivity index (χ3v) is 3.36. The molecule has 3 N–H and O–H groups in total. The number of ether oxygens (including phenoxy) is 1. The molecular formula is C16H13N3O4. The number of amides is 1. The normalized spacial score (nSPS) is 10.5. The summed E-state index contributed by atoms with van der Waals surface area (Å²) in [5, 5.41) is 0. The Morgan fingerprint density at radius 2 is 2.09 bits per heavy atom. The Labute approximate surface area is 130 Å². The molecule has 2 aromatic heterocycles. The fourth-order valence-electron chi connectivity index (χ4n) is 2.42. The Hall–Kier alpha value is -3.35. The van der Waals surface area contributed by atoms with Crippen molar-refractivity contribution >= 4 is 5.91 Å². The average Bonchev–Trinajstić information content (AvgIpc) is 3.07. The van der Waals surface area contributed by atoms with E-state index in [4.69, 9.17) is 14.9 Å². The van der Waals surface area contributed by atoms with Crippen LogP contribution in [0.4, 0.5) is 0 Å². The van der Waals surface area contributed by atoms with Crippen molar-refractivity contribution in [2.24, 2.45) is 5.73 Å². The van der Waals surface area contributed by atoms with E-state index in [-0.39, 0.29) is 5.56 Å². The number of hydrogen-bond donors (Lipinski definition) is 2. The summed E-state index contributed by atoms with van der Waals surface area (Å²) >= 11 is 0. The second-order valence-electron chi connectivity index (χ2n) is 4.70. The molecular weight excluding hydrogens is 298 g/mol. The van der Waals surface area contributed by atoms with Gasteiger partial charge in [-0.1, -0.05) is 0 Å². The molecule has 0 saturated heterocycles. The molecule has 0 bridgehead atoms. The lowest BCUT2D eigenvalue weighted by molar-refractivity contribution is 0.100. The monoisotopic (exact) mass is 311 g/mol. The van der Waals surface area contributed by atoms with E-state index in [9.17, 15) is 9.59 Å². The lowest BCUT2D eigenvalue weighted by Crippen LogP contribution is -2.15. The highest BCUT2D eigenvalue weighted by Crippen LogP contribution is 2.40. The quantitative estimate of drug-likeness (QED) is 0.763. The largest absolute Gasteiger partial charge is 0.496 e. The highest BCUT2D eigenvalue weighted by atomic mass is 16.5. The number of aromatic amines is 1. The molecule has 0 aliphatic rings. The number of benzene rings is 1. The first-order chi connectivity index (χ1) is 11.1. The van der Waals surface area contributed by atoms with Crippen LogP contribution in [0, 0.1) is 0 Å². The van der Waals surface area contributed by atoms with E-state index in [0.717, 1.165) is 0 Å². The number of nitrogens with zero attached hydrogens (tertiary/aromatic N) is 1. The zero-order valence-corrected chi connectivity index (χ0v) is 12.2. The first-order valence-electron chi connectivity index (χ1n) is 6.72. The molecule has 0 aliphatic heterocycles. The van der Waals surface area contributed by atoms with Gasteiger partial charge in [0.25, 0.3) is 0 Å². The van der Waals surface area contributed by atoms with Crippen molar-refractivity contribution in [2.45, 2.75) is 0 Å². The van der Waals surface area contributed by atoms with E-state index < -0.39 is 11.6 Å². The third-order valence-electron chi connectivity index (χ3n) is 3.36. The van der Waals surface area contributed by atoms with Gasteiger partial charge in [-0.3, -0.25) is 4.79 Å². The summed E-state index contributed by atoms with van der Waals surface area (Å²) in [5.74, 6) is 0.336. The van der Waals surface area contributed by atoms with Crippen LogP contribution < -0.4 is 16.2 Å². The topological polar surface area (TPSA) is 111 Å². The molecule has 23 heavy (non-hydrogen) atoms. The van der Waals surface area contributed by atoms with Gasteiger partial charge in [-0.2, -0.15) is 0 Å². The summed E-state index contributed by atoms with van der Waals surface area (Å²) in [6.07, 6.45) is 2.86. The van der Waals surface area contributed by atoms with E-state index in [1.54, 1.807) is 30.3 Å². The molecule has 1 aromatic carbocycles. The molecule has 3 aromatic rings. The Kier molecular flexibility index (Phi) is 3.68. The highest BCUT2D eigenvalue weighted by Gasteiger charge is 2.22. The fourth-order valence-corrected chi connectivity index (χ4v) is 2.42. The number of primary amides is 1. The van der Waals surface area contributed by atoms with Crippen LogP contribution in [0.2, 0.25) is 0 Å². The van der Waals surface area contributed by atoms with Crippen molar-refractivity contribution in [3.63, 3.8) is 0 Å². The van der Waals surface area contributed by atoms with Crippen molar-refractivity contribution < 1.29 is 13.9 Å². The van der Waals surface area contributed by atoms with E-state index in [1.807, 2.05) is 0 Å². The number of hydrogen-bond acceptors (Lipinski definition) is 5. The summed E-state index contributed by atoms with van der Waals surface area (Å²) in [4.78, 5) is 29.6. The minimum absolute atomic E-state index is 0.235. The molecule has 0 atom stereocenters. The van der Waals surface area contributed by atoms with Gasteiger partial charge in [-0.25, -0.2) is 9.78 Å². The SMILES string of the molecule is COc1ccc(C(N)=O)c(-c2ccnc(=O)[nH]2)c1-c1ccco1. The lowest BCUT2D eigenvalue weighted by atomic mass is 9.95. The van der Waals surface area contributed by atoms with Crippen LogP contribution in [0.1, 0.15) is 10.4 Å². The van der Waals surface area contributed by atoms with E-state index in [1.165, 1.54) is 19.6 Å². The number of rotatable bonds is 4. The molecule has 0 fully saturated rings. The number of nitrogens with two attached hydrogens (primary N) is 1. The molecule has 3 rings (SSSR count). The van der Waals surface area contributed by atoms with Crippen LogP contribution in [0.3, 0.4) is 0 Å². The first kappa shape index (κ1) is 14.6. The molecule has 7 heteroatoms. The van der Waals surface area contributed by atoms with E-state index >= 15 is 0 Å². The Balaban J connectivity index is 2.43. The molecule has 0 radical (unpaired) electrons. The van der Waals surface area contributed by atoms with Gasteiger partial charge in [0.15, 0.2) is 0 Å². The smallest absolute Gasteiger partial charge is 0.345 e. The summed E-state index contributed by atoms with van der Waals surface area (Å²) < 4.78 is 10.8. The van der Waals surface area contributed by atoms with Gasteiger partial charge >= 0.3 is 5.69 Å². The summed E-state index contributed by atoms with van der Waals surface area (Å²) in [6.45, 7) is 0. The standard InChI is InChI=1S/C16H13N3O4/c1-22-11-5-4-9(15(17)20)13(10-6-7-18-16(21)19-10)14(11)12-3-2-8-23-12/h2-8H,1H3,(H2,17,20)(H,18,19,21). The average molecular weight is 311 g/mol. The zero-order valence-electron chi connectivity index (χ0n) is 12.2. The Morgan fingerprint density at radius 1 is 1.26 bits per heavy atom. The second-order valence-corrected chi connectivity index (χ2v) is 4.70. The van der Waals surface area contributed by atoms with Crippen LogP contribution in [-0.4, -0.2) is 23.0 Å². The Bertz CT molecular complexity index is 913. The van der Waals surface area contributed by atoms with Crippen molar-refractivity contribution in [3.05, 3.63) is 58.8 Å². The molecule has 7 nitrogen and oxygen atoms in total. The molecule has 0 spiro atoms. The number of carbonyl (C=O) groups excluding carboxylic acids is 1. The van der Waals surface area contributed by atoms with Crippen molar-refractivity contribution in [1.29, 1.82) is 0 Å². The first-order valence-corrected chi connectivity index (χ1v) is 6.72. The van der Waals surface area contributed by atoms with Gasteiger partial charge in [0.05, 0.1) is 24.6 Å². The number of carbonyl (C=O) groups is 1. The van der Waals surface area contributed by atoms with Crippen molar-refractivity contribution in [1.82, 2.24) is 9.97 Å². The summed E-state index contributed by atoms with van der Waals surface area (Å²) in [7, 11) is 1.50. The van der Waals surface area contributed by atoms with Crippen LogP contribution in [0.15, 0.2) is 52.0 Å². The van der Waals surface area contributed by atoms with Crippen molar-refractivity contribution in [3.8, 4) is 28.3 Å². The predicted octanol–water partition coefficient (Wildman–Crippen LogP) is 1.80. The number of nitrogens with one attached hydrogen (secondary N) is 1. The van der Waals surface area contributed by atoms with Gasteiger partial charge in [0.2, 0.25) is 5.91 Å². The number of furan rings is 1. The number of methoxy groups -OCH3 is 1. The molecule has 0 unspecified atom stereocenters. The highest BCUT2D eigenvalue weighted by molar-refractivity contribution is 6.04. The van der Waals surface area contributed by atoms with Crippen molar-refractivity contribution in [2.75, 3.05) is 7.11 Å². The molecule has 2 heterocycles. The van der Waals surface area contributed by atoms with Crippen LogP contribution in [0.5, 0.6) is 5.75 Å². The van der Waals surface area contributed by atoms with E-state index in [0.29, 0.717) is 28.3 Å². The molecule has 0 aliphatic carbocycles. The van der Waals surface area contributed by atoms with Gasteiger partial charge in [0, 0.05) is 17.3 Å². The molecule has 0 saturated carbocycles. The summed E-state index contributed by atoms with van der Waals surface area (Å²) in [5.41, 5.74) is 6.52. The maximum atomic E-state index is 11.8. The van der Waals surface area contributed by atoms with Gasteiger partial charge < -0.3 is 19.9 Å². The number of aromatic nitrogens is 2. The minimum atomic E-state index is -0.631. The zero-order chi connectivity index (χ0) is 16.4. The maximum Gasteiger partial charge on any atom is 0.345 e. The summed E-state index contributed by atoms with van der Waals surface area (Å²) in [6, 6.07) is 8.19. The predicted molar refractivity (Wildman–Crippen MR) is 83.1 cm³/mol. The number of H-pyrrole nitrogens is 1. The van der Waals surface area contributed by atoms with Crippen LogP contribution in [-0.2, 0) is 0 Å². The molecule has 116 valence electrons. The second kappa shape index (κ2) is 5.80. The third kappa shape index (κ3) is 2.59. The van der Waals surface area contributed by atoms with Gasteiger partial charge in [-0.05, 0) is 30.3 Å². The molecule has 1 amide bonds. The fraction of sp³-hybridized carbons (Fsp3) is 0.0625. The lowest BCUT2D eigenvalue weighted by Gasteiger charge is -2.15. The minimum Gasteiger partial charge on any atom is -0.496 e. The maximum absolute atomic E-state index is 11.8. The Morgan fingerprint density at radius 3 is 2.70 bits per heavy atom.